The minimum atomic E-state index is -3.54. The van der Waals surface area contributed by atoms with Crippen LogP contribution in [0.2, 0.25) is 0 Å². The van der Waals surface area contributed by atoms with E-state index in [1.165, 1.54) is 24.3 Å². The Balaban J connectivity index is 1.60. The molecule has 1 saturated carbocycles. The number of esters is 1. The lowest BCUT2D eigenvalue weighted by Crippen LogP contribution is -2.25. The molecule has 0 amide bonds. The number of rotatable bonds is 7. The van der Waals surface area contributed by atoms with Crippen LogP contribution >= 0.6 is 0 Å². The number of carbonyl (C=O) groups is 1. The maximum absolute atomic E-state index is 12.1. The lowest BCUT2D eigenvalue weighted by Gasteiger charge is -2.06. The van der Waals surface area contributed by atoms with E-state index in [0.717, 1.165) is 12.8 Å². The van der Waals surface area contributed by atoms with Crippen molar-refractivity contribution in [2.45, 2.75) is 50.2 Å². The molecule has 1 N–H and O–H groups in total. The van der Waals surface area contributed by atoms with E-state index in [4.69, 9.17) is 9.26 Å². The number of hydrogen-bond donors (Lipinski definition) is 1. The Morgan fingerprint density at radius 2 is 2.00 bits per heavy atom. The number of ether oxygens (including phenoxy) is 1. The van der Waals surface area contributed by atoms with E-state index in [2.05, 4.69) is 14.9 Å². The maximum atomic E-state index is 12.1. The molecular weight excluding hydrogens is 346 g/mol. The third kappa shape index (κ3) is 4.43. The second-order valence-corrected chi connectivity index (χ2v) is 7.91. The van der Waals surface area contributed by atoms with Crippen LogP contribution in [-0.4, -0.2) is 30.6 Å². The SMILES string of the molecule is CC(C)c1noc(COC(=O)c2ccc(S(=O)(=O)NC3CC3)cc2)n1. The number of sulfonamides is 1. The van der Waals surface area contributed by atoms with Gasteiger partial charge >= 0.3 is 5.97 Å². The summed E-state index contributed by atoms with van der Waals surface area (Å²) in [7, 11) is -3.54. The third-order valence-corrected chi connectivity index (χ3v) is 5.16. The maximum Gasteiger partial charge on any atom is 0.338 e. The van der Waals surface area contributed by atoms with Crippen molar-refractivity contribution in [3.05, 3.63) is 41.5 Å². The highest BCUT2D eigenvalue weighted by Gasteiger charge is 2.28. The van der Waals surface area contributed by atoms with Gasteiger partial charge in [0, 0.05) is 12.0 Å². The van der Waals surface area contributed by atoms with Crippen molar-refractivity contribution < 1.29 is 22.5 Å². The van der Waals surface area contributed by atoms with Gasteiger partial charge in [-0.15, -0.1) is 0 Å². The second-order valence-electron chi connectivity index (χ2n) is 6.20. The molecule has 1 aromatic heterocycles. The topological polar surface area (TPSA) is 111 Å². The van der Waals surface area contributed by atoms with Gasteiger partial charge in [-0.05, 0) is 37.1 Å². The quantitative estimate of drug-likeness (QED) is 0.747. The Bertz CT molecular complexity index is 854. The van der Waals surface area contributed by atoms with Gasteiger partial charge in [0.1, 0.15) is 0 Å². The average molecular weight is 365 g/mol. The number of hydrogen-bond acceptors (Lipinski definition) is 7. The molecule has 8 nitrogen and oxygen atoms in total. The molecule has 3 rings (SSSR count). The first-order valence-electron chi connectivity index (χ1n) is 7.97. The van der Waals surface area contributed by atoms with E-state index in [1.54, 1.807) is 0 Å². The van der Waals surface area contributed by atoms with Gasteiger partial charge < -0.3 is 9.26 Å². The van der Waals surface area contributed by atoms with Crippen molar-refractivity contribution in [1.82, 2.24) is 14.9 Å². The zero-order chi connectivity index (χ0) is 18.0. The minimum Gasteiger partial charge on any atom is -0.452 e. The number of carbonyl (C=O) groups excluding carboxylic acids is 1. The molecule has 1 aliphatic rings. The van der Waals surface area contributed by atoms with E-state index >= 15 is 0 Å². The molecular formula is C16H19N3O5S. The predicted octanol–water partition coefficient (Wildman–Crippen LogP) is 1.99. The molecule has 9 heteroatoms. The summed E-state index contributed by atoms with van der Waals surface area (Å²) in [6, 6.07) is 5.61. The summed E-state index contributed by atoms with van der Waals surface area (Å²) in [5.41, 5.74) is 0.244. The first kappa shape index (κ1) is 17.6. The number of benzene rings is 1. The van der Waals surface area contributed by atoms with Gasteiger partial charge in [0.15, 0.2) is 12.4 Å². The molecule has 0 spiro atoms. The molecule has 134 valence electrons. The molecule has 1 heterocycles. The number of nitrogens with one attached hydrogen (secondary N) is 1. The van der Waals surface area contributed by atoms with Crippen molar-refractivity contribution in [3.63, 3.8) is 0 Å². The molecule has 0 bridgehead atoms. The Morgan fingerprint density at radius 1 is 1.32 bits per heavy atom. The summed E-state index contributed by atoms with van der Waals surface area (Å²) >= 11 is 0. The molecule has 1 aliphatic carbocycles. The van der Waals surface area contributed by atoms with Crippen LogP contribution in [0.5, 0.6) is 0 Å². The van der Waals surface area contributed by atoms with Crippen molar-refractivity contribution >= 4 is 16.0 Å². The lowest BCUT2D eigenvalue weighted by atomic mass is 10.2. The highest BCUT2D eigenvalue weighted by Crippen LogP contribution is 2.22. The van der Waals surface area contributed by atoms with Gasteiger partial charge in [-0.25, -0.2) is 17.9 Å². The lowest BCUT2D eigenvalue weighted by molar-refractivity contribution is 0.0429. The van der Waals surface area contributed by atoms with Crippen LogP contribution < -0.4 is 4.72 Å². The first-order valence-corrected chi connectivity index (χ1v) is 9.45. The zero-order valence-corrected chi connectivity index (χ0v) is 14.7. The fraction of sp³-hybridized carbons (Fsp3) is 0.438. The predicted molar refractivity (Wildman–Crippen MR) is 87.3 cm³/mol. The van der Waals surface area contributed by atoms with Gasteiger partial charge in [-0.3, -0.25) is 0 Å². The van der Waals surface area contributed by atoms with Crippen LogP contribution in [0, 0.1) is 0 Å². The molecule has 0 atom stereocenters. The van der Waals surface area contributed by atoms with Gasteiger partial charge in [0.05, 0.1) is 10.5 Å². The second kappa shape index (κ2) is 6.93. The van der Waals surface area contributed by atoms with Gasteiger partial charge in [0.2, 0.25) is 10.0 Å². The summed E-state index contributed by atoms with van der Waals surface area (Å²) in [5.74, 6) is 0.281. The van der Waals surface area contributed by atoms with E-state index in [-0.39, 0.29) is 34.9 Å². The van der Waals surface area contributed by atoms with Gasteiger partial charge in [-0.2, -0.15) is 4.98 Å². The van der Waals surface area contributed by atoms with E-state index < -0.39 is 16.0 Å². The Hall–Kier alpha value is -2.26. The van der Waals surface area contributed by atoms with Gasteiger partial charge in [0.25, 0.3) is 5.89 Å². The summed E-state index contributed by atoms with van der Waals surface area (Å²) in [5, 5.41) is 3.78. The molecule has 2 aromatic rings. The number of nitrogens with zero attached hydrogens (tertiary/aromatic N) is 2. The summed E-state index contributed by atoms with van der Waals surface area (Å²) in [6.45, 7) is 3.71. The average Bonchev–Trinajstić information content (AvgIpc) is 3.24. The van der Waals surface area contributed by atoms with Crippen LogP contribution in [0.4, 0.5) is 0 Å². The van der Waals surface area contributed by atoms with E-state index in [9.17, 15) is 13.2 Å². The molecule has 25 heavy (non-hydrogen) atoms. The van der Waals surface area contributed by atoms with E-state index in [1.807, 2.05) is 13.8 Å². The van der Waals surface area contributed by atoms with E-state index in [0.29, 0.717) is 5.82 Å². The first-order chi connectivity index (χ1) is 11.8. The molecule has 1 aromatic carbocycles. The summed E-state index contributed by atoms with van der Waals surface area (Å²) in [4.78, 5) is 16.3. The smallest absolute Gasteiger partial charge is 0.338 e. The molecule has 0 aliphatic heterocycles. The van der Waals surface area contributed by atoms with Crippen LogP contribution in [0.15, 0.2) is 33.7 Å². The zero-order valence-electron chi connectivity index (χ0n) is 13.9. The van der Waals surface area contributed by atoms with Gasteiger partial charge in [-0.1, -0.05) is 19.0 Å². The normalized spacial score (nSPS) is 14.7. The van der Waals surface area contributed by atoms with Crippen LogP contribution in [0.1, 0.15) is 54.7 Å². The van der Waals surface area contributed by atoms with Crippen molar-refractivity contribution in [2.24, 2.45) is 0 Å². The Labute approximate surface area is 145 Å². The Kier molecular flexibility index (Phi) is 4.87. The standard InChI is InChI=1S/C16H19N3O5S/c1-10(2)15-17-14(24-18-15)9-23-16(20)11-3-7-13(8-4-11)25(21,22)19-12-5-6-12/h3-4,7-8,10,12,19H,5-6,9H2,1-2H3. The number of aromatic nitrogens is 2. The van der Waals surface area contributed by atoms with Crippen LogP contribution in [0.3, 0.4) is 0 Å². The highest BCUT2D eigenvalue weighted by atomic mass is 32.2. The van der Waals surface area contributed by atoms with Crippen molar-refractivity contribution in [3.8, 4) is 0 Å². The molecule has 1 fully saturated rings. The van der Waals surface area contributed by atoms with Crippen LogP contribution in [-0.2, 0) is 21.4 Å². The van der Waals surface area contributed by atoms with Crippen LogP contribution in [0.25, 0.3) is 0 Å². The third-order valence-electron chi connectivity index (χ3n) is 3.63. The highest BCUT2D eigenvalue weighted by molar-refractivity contribution is 7.89. The van der Waals surface area contributed by atoms with Crippen molar-refractivity contribution in [1.29, 1.82) is 0 Å². The van der Waals surface area contributed by atoms with Crippen molar-refractivity contribution in [2.75, 3.05) is 0 Å². The fourth-order valence-electron chi connectivity index (χ4n) is 2.03. The Morgan fingerprint density at radius 3 is 2.56 bits per heavy atom. The molecule has 0 saturated heterocycles. The summed E-state index contributed by atoms with van der Waals surface area (Å²) in [6.07, 6.45) is 1.72. The molecule has 0 radical (unpaired) electrons. The minimum absolute atomic E-state index is 0.0276. The molecule has 0 unspecified atom stereocenters. The summed E-state index contributed by atoms with van der Waals surface area (Å²) < 4.78 is 36.8. The monoisotopic (exact) mass is 365 g/mol. The fourth-order valence-corrected chi connectivity index (χ4v) is 3.34. The largest absolute Gasteiger partial charge is 0.452 e.